The van der Waals surface area contributed by atoms with Crippen LogP contribution in [-0.4, -0.2) is 26.8 Å². The van der Waals surface area contributed by atoms with Gasteiger partial charge in [-0.1, -0.05) is 19.1 Å². The van der Waals surface area contributed by atoms with Crippen molar-refractivity contribution in [3.05, 3.63) is 30.9 Å². The van der Waals surface area contributed by atoms with Gasteiger partial charge >= 0.3 is 29.2 Å². The van der Waals surface area contributed by atoms with E-state index in [9.17, 15) is 0 Å². The summed E-state index contributed by atoms with van der Waals surface area (Å²) in [7, 11) is 6.19. The van der Waals surface area contributed by atoms with Crippen LogP contribution in [0.1, 0.15) is 13.3 Å². The number of halogens is 1. The van der Waals surface area contributed by atoms with Gasteiger partial charge in [-0.2, -0.15) is 6.67 Å². The van der Waals surface area contributed by atoms with Gasteiger partial charge in [0.15, 0.2) is 0 Å². The SMILES string of the molecule is CCCN1[CH-]N(CCOC)c2ccccc21.[Cl][Ag]. The Morgan fingerprint density at radius 3 is 2.22 bits per heavy atom. The van der Waals surface area contributed by atoms with Crippen molar-refractivity contribution in [2.45, 2.75) is 13.3 Å². The normalized spacial score (nSPS) is 13.2. The number of hydrogen-bond donors (Lipinski definition) is 0. The average Bonchev–Trinajstić information content (AvgIpc) is 2.78. The Bertz CT molecular complexity index is 352. The number of nitrogens with zero attached hydrogens (tertiary/aromatic N) is 2. The molecule has 0 spiro atoms. The average molecular weight is 363 g/mol. The summed E-state index contributed by atoms with van der Waals surface area (Å²) in [6, 6.07) is 8.52. The molecule has 0 bridgehead atoms. The molecule has 0 unspecified atom stereocenters. The number of hydrogen-bond acceptors (Lipinski definition) is 3. The molecule has 1 aliphatic heterocycles. The molecule has 0 saturated carbocycles. The van der Waals surface area contributed by atoms with E-state index in [1.165, 1.54) is 11.4 Å². The van der Waals surface area contributed by atoms with Crippen LogP contribution in [0.4, 0.5) is 11.4 Å². The number of benzene rings is 1. The van der Waals surface area contributed by atoms with E-state index < -0.39 is 0 Å². The minimum atomic E-state index is 0.755. The summed E-state index contributed by atoms with van der Waals surface area (Å²) >= 11 is 2.42. The summed E-state index contributed by atoms with van der Waals surface area (Å²) in [6.07, 6.45) is 1.16. The number of para-hydroxylation sites is 2. The van der Waals surface area contributed by atoms with Gasteiger partial charge < -0.3 is 14.5 Å². The molecule has 0 fully saturated rings. The molecular formula is C13H19AgClN2O-. The second-order valence-electron chi connectivity index (χ2n) is 3.98. The molecule has 1 aromatic carbocycles. The molecule has 1 aromatic rings. The molecule has 0 aliphatic carbocycles. The predicted octanol–water partition coefficient (Wildman–Crippen LogP) is 3.18. The van der Waals surface area contributed by atoms with Crippen molar-refractivity contribution >= 4 is 20.6 Å². The molecule has 106 valence electrons. The van der Waals surface area contributed by atoms with Gasteiger partial charge in [0, 0.05) is 25.0 Å². The maximum absolute atomic E-state index is 5.13. The molecule has 0 amide bonds. The van der Waals surface area contributed by atoms with Crippen LogP contribution in [0.15, 0.2) is 24.3 Å². The van der Waals surface area contributed by atoms with Crippen LogP contribution in [0.3, 0.4) is 0 Å². The van der Waals surface area contributed by atoms with Gasteiger partial charge in [-0.25, -0.2) is 0 Å². The van der Waals surface area contributed by atoms with E-state index in [0.717, 1.165) is 26.1 Å². The third-order valence-corrected chi connectivity index (χ3v) is 2.78. The van der Waals surface area contributed by atoms with E-state index >= 15 is 0 Å². The van der Waals surface area contributed by atoms with Crippen molar-refractivity contribution in [2.24, 2.45) is 0 Å². The van der Waals surface area contributed by atoms with Crippen LogP contribution in [-0.2, 0) is 24.7 Å². The third kappa shape index (κ3) is 3.90. The second-order valence-corrected chi connectivity index (χ2v) is 3.98. The topological polar surface area (TPSA) is 15.7 Å². The standard InChI is InChI=1S/C13H19N2O.Ag.ClH/c1-3-8-14-11-15(9-10-16-2)13-7-5-4-6-12(13)14;;/h4-7,11H,3,8-10H2,1-2H3;;1H/q-1;+1;/p-1. The zero-order valence-corrected chi connectivity index (χ0v) is 12.9. The quantitative estimate of drug-likeness (QED) is 0.591. The number of methoxy groups -OCH3 is 1. The molecule has 0 saturated heterocycles. The Morgan fingerprint density at radius 2 is 1.72 bits per heavy atom. The van der Waals surface area contributed by atoms with Crippen molar-refractivity contribution in [1.29, 1.82) is 0 Å². The summed E-state index contributed by atoms with van der Waals surface area (Å²) in [5, 5.41) is 0. The fourth-order valence-corrected chi connectivity index (χ4v) is 2.03. The molecule has 1 aliphatic rings. The predicted molar refractivity (Wildman–Crippen MR) is 73.5 cm³/mol. The van der Waals surface area contributed by atoms with Crippen LogP contribution in [0.5, 0.6) is 0 Å². The second kappa shape index (κ2) is 8.83. The fraction of sp³-hybridized carbons (Fsp3) is 0.462. The van der Waals surface area contributed by atoms with Gasteiger partial charge in [0.05, 0.1) is 6.61 Å². The summed E-state index contributed by atoms with van der Waals surface area (Å²) in [4.78, 5) is 4.57. The number of anilines is 2. The Kier molecular flexibility index (Phi) is 7.79. The molecule has 3 nitrogen and oxygen atoms in total. The van der Waals surface area contributed by atoms with Crippen LogP contribution in [0.2, 0.25) is 0 Å². The molecule has 0 atom stereocenters. The van der Waals surface area contributed by atoms with E-state index in [0.29, 0.717) is 0 Å². The first kappa shape index (κ1) is 15.9. The molecule has 0 radical (unpaired) electrons. The van der Waals surface area contributed by atoms with E-state index in [1.807, 2.05) is 0 Å². The van der Waals surface area contributed by atoms with Gasteiger partial charge in [-0.15, -0.1) is 0 Å². The third-order valence-electron chi connectivity index (χ3n) is 2.78. The van der Waals surface area contributed by atoms with Crippen molar-refractivity contribution in [3.8, 4) is 0 Å². The van der Waals surface area contributed by atoms with Crippen LogP contribution < -0.4 is 9.80 Å². The zero-order chi connectivity index (χ0) is 13.4. The number of fused-ring (bicyclic) bond motifs is 1. The van der Waals surface area contributed by atoms with Crippen molar-refractivity contribution in [3.63, 3.8) is 0 Å². The van der Waals surface area contributed by atoms with Gasteiger partial charge in [-0.3, -0.25) is 0 Å². The first-order valence-corrected chi connectivity index (χ1v) is 7.85. The Balaban J connectivity index is 0.000000771. The Labute approximate surface area is 126 Å². The molecule has 2 rings (SSSR count). The first-order chi connectivity index (χ1) is 8.86. The van der Waals surface area contributed by atoms with E-state index in [2.05, 4.69) is 76.8 Å². The van der Waals surface area contributed by atoms with Gasteiger partial charge in [-0.05, 0) is 25.1 Å². The Morgan fingerprint density at radius 1 is 1.17 bits per heavy atom. The molecule has 0 aromatic heterocycles. The van der Waals surface area contributed by atoms with Gasteiger partial charge in [0.25, 0.3) is 0 Å². The molecule has 1 heterocycles. The number of rotatable bonds is 5. The first-order valence-electron chi connectivity index (χ1n) is 5.94. The molecular weight excluding hydrogens is 343 g/mol. The van der Waals surface area contributed by atoms with Crippen molar-refractivity contribution in [1.82, 2.24) is 0 Å². The summed E-state index contributed by atoms with van der Waals surface area (Å²) in [6.45, 7) is 7.13. The fourth-order valence-electron chi connectivity index (χ4n) is 2.03. The van der Waals surface area contributed by atoms with Gasteiger partial charge in [0.1, 0.15) is 0 Å². The van der Waals surface area contributed by atoms with E-state index in [-0.39, 0.29) is 0 Å². The minimum absolute atomic E-state index is 0.755. The Hall–Kier alpha value is -0.190. The van der Waals surface area contributed by atoms with Crippen molar-refractivity contribution in [2.75, 3.05) is 36.6 Å². The maximum atomic E-state index is 5.13. The monoisotopic (exact) mass is 361 g/mol. The molecule has 18 heavy (non-hydrogen) atoms. The van der Waals surface area contributed by atoms with Crippen LogP contribution in [0, 0.1) is 6.67 Å². The number of ether oxygens (including phenoxy) is 1. The van der Waals surface area contributed by atoms with Crippen LogP contribution >= 0.6 is 9.19 Å². The van der Waals surface area contributed by atoms with Gasteiger partial charge in [0.2, 0.25) is 0 Å². The van der Waals surface area contributed by atoms with E-state index in [1.54, 1.807) is 7.11 Å². The zero-order valence-electron chi connectivity index (χ0n) is 10.7. The summed E-state index contributed by atoms with van der Waals surface area (Å²) in [5.74, 6) is 0. The van der Waals surface area contributed by atoms with Crippen LogP contribution in [0.25, 0.3) is 0 Å². The summed E-state index contributed by atoms with van der Waals surface area (Å²) in [5.41, 5.74) is 2.59. The van der Waals surface area contributed by atoms with Crippen molar-refractivity contribution < 1.29 is 24.7 Å². The molecule has 5 heteroatoms. The van der Waals surface area contributed by atoms with E-state index in [4.69, 9.17) is 4.74 Å². The summed E-state index contributed by atoms with van der Waals surface area (Å²) < 4.78 is 5.13. The molecule has 0 N–H and O–H groups in total.